The van der Waals surface area contributed by atoms with Crippen LogP contribution in [0.3, 0.4) is 0 Å². The Labute approximate surface area is 147 Å². The fourth-order valence-corrected chi connectivity index (χ4v) is 5.53. The maximum Gasteiger partial charge on any atom is 0.231 e. The summed E-state index contributed by atoms with van der Waals surface area (Å²) in [5.41, 5.74) is 4.48. The van der Waals surface area contributed by atoms with Crippen LogP contribution in [0.1, 0.15) is 52.3 Å². The lowest BCUT2D eigenvalue weighted by atomic mass is 9.86. The van der Waals surface area contributed by atoms with Gasteiger partial charge >= 0.3 is 0 Å². The molecule has 0 saturated heterocycles. The summed E-state index contributed by atoms with van der Waals surface area (Å²) >= 11 is 2.05. The molecule has 4 heteroatoms. The highest BCUT2D eigenvalue weighted by atomic mass is 32.1. The molecular formula is C20H23NO2S. The van der Waals surface area contributed by atoms with E-state index in [9.17, 15) is 0 Å². The average Bonchev–Trinajstić information content (AvgIpc) is 3.21. The van der Waals surface area contributed by atoms with Gasteiger partial charge < -0.3 is 9.47 Å². The predicted octanol–water partition coefficient (Wildman–Crippen LogP) is 4.47. The normalized spacial score (nSPS) is 21.3. The summed E-state index contributed by atoms with van der Waals surface area (Å²) < 4.78 is 11.2. The zero-order chi connectivity index (χ0) is 16.1. The van der Waals surface area contributed by atoms with Crippen molar-refractivity contribution in [3.63, 3.8) is 0 Å². The maximum absolute atomic E-state index is 5.62. The van der Waals surface area contributed by atoms with Crippen LogP contribution in [0.2, 0.25) is 0 Å². The zero-order valence-electron chi connectivity index (χ0n) is 14.1. The van der Waals surface area contributed by atoms with Crippen molar-refractivity contribution in [1.82, 2.24) is 4.90 Å². The molecule has 3 aliphatic rings. The van der Waals surface area contributed by atoms with Crippen LogP contribution >= 0.6 is 11.3 Å². The van der Waals surface area contributed by atoms with E-state index in [0.29, 0.717) is 12.8 Å². The highest BCUT2D eigenvalue weighted by molar-refractivity contribution is 7.12. The zero-order valence-corrected chi connectivity index (χ0v) is 15.0. The fraction of sp³-hybridized carbons (Fsp3) is 0.500. The molecule has 1 atom stereocenters. The Kier molecular flexibility index (Phi) is 3.56. The van der Waals surface area contributed by atoms with Crippen LogP contribution in [0, 0.1) is 0 Å². The van der Waals surface area contributed by atoms with Crippen molar-refractivity contribution < 1.29 is 9.47 Å². The fourth-order valence-electron chi connectivity index (χ4n) is 4.27. The van der Waals surface area contributed by atoms with Gasteiger partial charge in [-0.05, 0) is 54.2 Å². The third-order valence-corrected chi connectivity index (χ3v) is 6.84. The molecule has 1 aromatic carbocycles. The summed E-state index contributed by atoms with van der Waals surface area (Å²) in [6.45, 7) is 4.89. The van der Waals surface area contributed by atoms with Gasteiger partial charge in [0.2, 0.25) is 6.79 Å². The lowest BCUT2D eigenvalue weighted by Gasteiger charge is -2.40. The Bertz CT molecular complexity index is 782. The number of thiophene rings is 1. The van der Waals surface area contributed by atoms with Crippen molar-refractivity contribution >= 4 is 11.3 Å². The molecule has 5 rings (SSSR count). The molecule has 0 fully saturated rings. The number of fused-ring (bicyclic) bond motifs is 5. The molecule has 0 N–H and O–H groups in total. The molecule has 0 radical (unpaired) electrons. The van der Waals surface area contributed by atoms with Crippen molar-refractivity contribution in [3.05, 3.63) is 44.6 Å². The number of benzene rings is 1. The number of hydrogen-bond donors (Lipinski definition) is 0. The minimum absolute atomic E-state index is 0.364. The molecule has 1 unspecified atom stereocenters. The largest absolute Gasteiger partial charge is 0.454 e. The van der Waals surface area contributed by atoms with Crippen molar-refractivity contribution in [3.8, 4) is 11.5 Å². The second-order valence-electron chi connectivity index (χ2n) is 7.11. The first-order valence-electron chi connectivity index (χ1n) is 9.08. The Hall–Kier alpha value is -1.52. The highest BCUT2D eigenvalue weighted by Gasteiger charge is 2.34. The number of nitrogens with zero attached hydrogens (tertiary/aromatic N) is 1. The van der Waals surface area contributed by atoms with E-state index >= 15 is 0 Å². The van der Waals surface area contributed by atoms with Gasteiger partial charge in [0, 0.05) is 35.3 Å². The summed E-state index contributed by atoms with van der Waals surface area (Å²) in [6, 6.07) is 7.44. The van der Waals surface area contributed by atoms with Crippen LogP contribution in [0.15, 0.2) is 18.2 Å². The molecule has 3 nitrogen and oxygen atoms in total. The molecule has 0 amide bonds. The van der Waals surface area contributed by atoms with E-state index in [1.54, 1.807) is 15.3 Å². The van der Waals surface area contributed by atoms with Gasteiger partial charge in [-0.15, -0.1) is 11.3 Å². The van der Waals surface area contributed by atoms with Crippen LogP contribution in [0.5, 0.6) is 11.5 Å². The van der Waals surface area contributed by atoms with Crippen molar-refractivity contribution in [1.29, 1.82) is 0 Å². The Morgan fingerprint density at radius 3 is 2.92 bits per heavy atom. The van der Waals surface area contributed by atoms with Gasteiger partial charge in [0.15, 0.2) is 11.5 Å². The number of hydrogen-bond acceptors (Lipinski definition) is 4. The van der Waals surface area contributed by atoms with Crippen molar-refractivity contribution in [2.45, 2.75) is 51.6 Å². The first-order chi connectivity index (χ1) is 11.8. The van der Waals surface area contributed by atoms with E-state index in [4.69, 9.17) is 9.47 Å². The first-order valence-corrected chi connectivity index (χ1v) is 9.90. The second-order valence-corrected chi connectivity index (χ2v) is 8.33. The van der Waals surface area contributed by atoms with Crippen LogP contribution in [0.4, 0.5) is 0 Å². The average molecular weight is 341 g/mol. The highest BCUT2D eigenvalue weighted by Crippen LogP contribution is 2.45. The Balaban J connectivity index is 1.47. The number of aryl methyl sites for hydroxylation is 1. The van der Waals surface area contributed by atoms with Gasteiger partial charge in [-0.2, -0.15) is 0 Å². The maximum atomic E-state index is 5.62. The third-order valence-electron chi connectivity index (χ3n) is 5.58. The summed E-state index contributed by atoms with van der Waals surface area (Å²) in [5, 5.41) is 0. The summed E-state index contributed by atoms with van der Waals surface area (Å²) in [5.74, 6) is 1.85. The molecule has 1 aromatic heterocycles. The smallest absolute Gasteiger partial charge is 0.231 e. The van der Waals surface area contributed by atoms with Crippen LogP contribution < -0.4 is 9.47 Å². The molecule has 2 aromatic rings. The number of ether oxygens (including phenoxy) is 2. The van der Waals surface area contributed by atoms with E-state index < -0.39 is 0 Å². The number of unbranched alkanes of at least 4 members (excludes halogenated alkanes) is 1. The lowest BCUT2D eigenvalue weighted by Crippen LogP contribution is -2.38. The summed E-state index contributed by atoms with van der Waals surface area (Å²) in [4.78, 5) is 5.84. The quantitative estimate of drug-likeness (QED) is 0.822. The molecule has 3 aliphatic heterocycles. The van der Waals surface area contributed by atoms with E-state index in [2.05, 4.69) is 30.0 Å². The molecule has 0 aliphatic carbocycles. The topological polar surface area (TPSA) is 21.7 Å². The van der Waals surface area contributed by atoms with E-state index in [0.717, 1.165) is 37.4 Å². The van der Waals surface area contributed by atoms with Crippen molar-refractivity contribution in [2.75, 3.05) is 13.3 Å². The van der Waals surface area contributed by atoms with Crippen LogP contribution in [0.25, 0.3) is 0 Å². The standard InChI is InChI=1S/C20H23NO2S/c1-2-3-4-15-7-14-11-21-6-5-13-8-18-19(23-12-22-18)9-16(13)17(21)10-20(14)24-15/h7-9,17H,2-6,10-12H2,1H3. The van der Waals surface area contributed by atoms with Gasteiger partial charge in [-0.1, -0.05) is 13.3 Å². The molecular weight excluding hydrogens is 318 g/mol. The molecule has 0 spiro atoms. The third kappa shape index (κ3) is 2.35. The van der Waals surface area contributed by atoms with Crippen molar-refractivity contribution in [2.24, 2.45) is 0 Å². The van der Waals surface area contributed by atoms with E-state index in [1.807, 2.05) is 11.3 Å². The number of rotatable bonds is 3. The van der Waals surface area contributed by atoms with Gasteiger partial charge in [0.1, 0.15) is 0 Å². The molecule has 0 saturated carbocycles. The monoisotopic (exact) mass is 341 g/mol. The molecule has 4 heterocycles. The summed E-state index contributed by atoms with van der Waals surface area (Å²) in [6.07, 6.45) is 6.09. The second kappa shape index (κ2) is 5.78. The van der Waals surface area contributed by atoms with Gasteiger partial charge in [0.25, 0.3) is 0 Å². The SMILES string of the molecule is CCCCc1cc2c(s1)CC1c3cc4c(cc3CCN1C2)OCO4. The minimum Gasteiger partial charge on any atom is -0.454 e. The minimum atomic E-state index is 0.364. The van der Waals surface area contributed by atoms with Crippen LogP contribution in [-0.2, 0) is 25.8 Å². The predicted molar refractivity (Wildman–Crippen MR) is 96.1 cm³/mol. The van der Waals surface area contributed by atoms with Crippen LogP contribution in [-0.4, -0.2) is 18.2 Å². The molecule has 0 bridgehead atoms. The molecule has 126 valence electrons. The summed E-state index contributed by atoms with van der Waals surface area (Å²) in [7, 11) is 0. The van der Waals surface area contributed by atoms with Gasteiger partial charge in [-0.25, -0.2) is 0 Å². The Morgan fingerprint density at radius 2 is 2.04 bits per heavy atom. The van der Waals surface area contributed by atoms with Gasteiger partial charge in [0.05, 0.1) is 0 Å². The lowest BCUT2D eigenvalue weighted by molar-refractivity contribution is 0.162. The van der Waals surface area contributed by atoms with E-state index in [-0.39, 0.29) is 0 Å². The Morgan fingerprint density at radius 1 is 1.17 bits per heavy atom. The van der Waals surface area contributed by atoms with E-state index in [1.165, 1.54) is 30.4 Å². The van der Waals surface area contributed by atoms with Gasteiger partial charge in [-0.3, -0.25) is 4.90 Å². The molecule has 24 heavy (non-hydrogen) atoms. The first kappa shape index (κ1) is 14.8.